The lowest BCUT2D eigenvalue weighted by molar-refractivity contribution is 0.0274. The fourth-order valence-corrected chi connectivity index (χ4v) is 1.91. The molecule has 6 heteroatoms. The van der Waals surface area contributed by atoms with Crippen molar-refractivity contribution in [2.45, 2.75) is 18.6 Å². The van der Waals surface area contributed by atoms with Crippen LogP contribution < -0.4 is 11.1 Å². The van der Waals surface area contributed by atoms with E-state index in [0.29, 0.717) is 19.6 Å². The first-order valence-corrected chi connectivity index (χ1v) is 6.47. The van der Waals surface area contributed by atoms with Crippen LogP contribution in [0.3, 0.4) is 0 Å². The Bertz CT molecular complexity index is 398. The van der Waals surface area contributed by atoms with Gasteiger partial charge < -0.3 is 25.7 Å². The Balaban J connectivity index is 2.68. The number of rotatable bonds is 9. The second kappa shape index (κ2) is 9.30. The first-order chi connectivity index (χ1) is 9.71. The van der Waals surface area contributed by atoms with Gasteiger partial charge in [-0.25, -0.2) is 0 Å². The molecule has 0 bridgehead atoms. The van der Waals surface area contributed by atoms with Gasteiger partial charge in [-0.3, -0.25) is 0 Å². The van der Waals surface area contributed by atoms with Crippen LogP contribution in [0.5, 0.6) is 0 Å². The van der Waals surface area contributed by atoms with Crippen molar-refractivity contribution in [3.8, 4) is 0 Å². The van der Waals surface area contributed by atoms with Crippen molar-refractivity contribution in [2.75, 3.05) is 27.4 Å². The van der Waals surface area contributed by atoms with Crippen LogP contribution in [-0.2, 0) is 9.47 Å². The maximum atomic E-state index is 8.73. The van der Waals surface area contributed by atoms with Gasteiger partial charge in [0, 0.05) is 33.2 Å². The van der Waals surface area contributed by atoms with Crippen molar-refractivity contribution in [2.24, 2.45) is 10.9 Å². The summed E-state index contributed by atoms with van der Waals surface area (Å²) in [6.45, 7) is 1.12. The number of hydrogen-bond donors (Lipinski definition) is 3. The molecular formula is C14H23N3O3. The molecule has 4 N–H and O–H groups in total. The van der Waals surface area contributed by atoms with Gasteiger partial charge in [0.05, 0.1) is 12.7 Å². The molecule has 0 spiro atoms. The van der Waals surface area contributed by atoms with Crippen molar-refractivity contribution in [3.05, 3.63) is 35.9 Å². The van der Waals surface area contributed by atoms with Crippen molar-refractivity contribution < 1.29 is 14.7 Å². The van der Waals surface area contributed by atoms with Gasteiger partial charge in [0.1, 0.15) is 5.84 Å². The number of methoxy groups -OCH3 is 2. The Labute approximate surface area is 119 Å². The molecule has 0 heterocycles. The predicted molar refractivity (Wildman–Crippen MR) is 77.9 cm³/mol. The van der Waals surface area contributed by atoms with Gasteiger partial charge in [0.15, 0.2) is 0 Å². The SMILES string of the molecule is COCC(CNC(C/C(N)=N/O)c1ccccc1)OC. The molecule has 2 unspecified atom stereocenters. The highest BCUT2D eigenvalue weighted by atomic mass is 16.5. The van der Waals surface area contributed by atoms with Crippen LogP contribution in [0.4, 0.5) is 0 Å². The van der Waals surface area contributed by atoms with Gasteiger partial charge in [-0.2, -0.15) is 0 Å². The van der Waals surface area contributed by atoms with E-state index in [-0.39, 0.29) is 18.0 Å². The lowest BCUT2D eigenvalue weighted by Crippen LogP contribution is -2.36. The van der Waals surface area contributed by atoms with Gasteiger partial charge in [-0.15, -0.1) is 0 Å². The summed E-state index contributed by atoms with van der Waals surface area (Å²) in [4.78, 5) is 0. The van der Waals surface area contributed by atoms with Crippen molar-refractivity contribution in [1.82, 2.24) is 5.32 Å². The largest absolute Gasteiger partial charge is 0.409 e. The van der Waals surface area contributed by atoms with Crippen LogP contribution >= 0.6 is 0 Å². The minimum Gasteiger partial charge on any atom is -0.409 e. The second-order valence-electron chi connectivity index (χ2n) is 4.48. The Morgan fingerprint density at radius 2 is 2.05 bits per heavy atom. The summed E-state index contributed by atoms with van der Waals surface area (Å²) in [7, 11) is 3.28. The highest BCUT2D eigenvalue weighted by Gasteiger charge is 2.15. The van der Waals surface area contributed by atoms with Crippen molar-refractivity contribution >= 4 is 5.84 Å². The Kier molecular flexibility index (Phi) is 7.64. The molecule has 0 radical (unpaired) electrons. The zero-order valence-corrected chi connectivity index (χ0v) is 12.0. The quantitative estimate of drug-likeness (QED) is 0.273. The number of nitrogens with two attached hydrogens (primary N) is 1. The van der Waals surface area contributed by atoms with E-state index in [4.69, 9.17) is 20.4 Å². The summed E-state index contributed by atoms with van der Waals surface area (Å²) in [5, 5.41) is 15.1. The van der Waals surface area contributed by atoms with E-state index in [1.54, 1.807) is 14.2 Å². The number of nitrogens with one attached hydrogen (secondary N) is 1. The standard InChI is InChI=1S/C14H23N3O3/c1-19-10-12(20-2)9-16-13(8-14(15)17-18)11-6-4-3-5-7-11/h3-7,12-13,16,18H,8-10H2,1-2H3,(H2,15,17). The van der Waals surface area contributed by atoms with Crippen LogP contribution in [0.1, 0.15) is 18.0 Å². The highest BCUT2D eigenvalue weighted by molar-refractivity contribution is 5.80. The third-order valence-corrected chi connectivity index (χ3v) is 3.02. The van der Waals surface area contributed by atoms with E-state index in [2.05, 4.69) is 10.5 Å². The fraction of sp³-hybridized carbons (Fsp3) is 0.500. The van der Waals surface area contributed by atoms with Gasteiger partial charge in [-0.1, -0.05) is 35.5 Å². The van der Waals surface area contributed by atoms with Gasteiger partial charge in [-0.05, 0) is 5.56 Å². The van der Waals surface area contributed by atoms with E-state index >= 15 is 0 Å². The molecule has 0 saturated carbocycles. The monoisotopic (exact) mass is 281 g/mol. The lowest BCUT2D eigenvalue weighted by Gasteiger charge is -2.22. The van der Waals surface area contributed by atoms with Crippen LogP contribution in [0, 0.1) is 0 Å². The van der Waals surface area contributed by atoms with Crippen LogP contribution in [0.25, 0.3) is 0 Å². The fourth-order valence-electron chi connectivity index (χ4n) is 1.91. The Morgan fingerprint density at radius 3 is 2.60 bits per heavy atom. The number of nitrogens with zero attached hydrogens (tertiary/aromatic N) is 1. The summed E-state index contributed by atoms with van der Waals surface area (Å²) in [6, 6.07) is 9.83. The topological polar surface area (TPSA) is 89.1 Å². The zero-order valence-electron chi connectivity index (χ0n) is 12.0. The highest BCUT2D eigenvalue weighted by Crippen LogP contribution is 2.16. The van der Waals surface area contributed by atoms with E-state index < -0.39 is 0 Å². The van der Waals surface area contributed by atoms with E-state index in [1.807, 2.05) is 30.3 Å². The normalized spacial score (nSPS) is 15.0. The molecule has 6 nitrogen and oxygen atoms in total. The molecule has 0 fully saturated rings. The molecule has 0 aliphatic heterocycles. The molecule has 0 amide bonds. The lowest BCUT2D eigenvalue weighted by atomic mass is 10.0. The average Bonchev–Trinajstić information content (AvgIpc) is 2.50. The summed E-state index contributed by atoms with van der Waals surface area (Å²) < 4.78 is 10.4. The number of ether oxygens (including phenoxy) is 2. The molecule has 2 atom stereocenters. The minimum atomic E-state index is -0.0431. The van der Waals surface area contributed by atoms with Crippen LogP contribution in [0.15, 0.2) is 35.5 Å². The van der Waals surface area contributed by atoms with Crippen LogP contribution in [0.2, 0.25) is 0 Å². The first-order valence-electron chi connectivity index (χ1n) is 6.47. The number of hydrogen-bond acceptors (Lipinski definition) is 5. The van der Waals surface area contributed by atoms with E-state index in [0.717, 1.165) is 5.56 Å². The third kappa shape index (κ3) is 5.56. The molecule has 0 aromatic heterocycles. The van der Waals surface area contributed by atoms with Gasteiger partial charge >= 0.3 is 0 Å². The summed E-state index contributed by atoms with van der Waals surface area (Å²) in [5.41, 5.74) is 6.69. The van der Waals surface area contributed by atoms with E-state index in [9.17, 15) is 0 Å². The predicted octanol–water partition coefficient (Wildman–Crippen LogP) is 1.12. The minimum absolute atomic E-state index is 0.0402. The number of amidine groups is 1. The maximum absolute atomic E-state index is 8.73. The molecule has 112 valence electrons. The third-order valence-electron chi connectivity index (χ3n) is 3.02. The molecule has 0 saturated heterocycles. The Morgan fingerprint density at radius 1 is 1.35 bits per heavy atom. The van der Waals surface area contributed by atoms with E-state index in [1.165, 1.54) is 0 Å². The van der Waals surface area contributed by atoms with Gasteiger partial charge in [0.2, 0.25) is 0 Å². The molecular weight excluding hydrogens is 258 g/mol. The maximum Gasteiger partial charge on any atom is 0.141 e. The smallest absolute Gasteiger partial charge is 0.141 e. The number of benzene rings is 1. The molecule has 0 aliphatic rings. The first kappa shape index (κ1) is 16.4. The molecule has 1 aromatic rings. The average molecular weight is 281 g/mol. The van der Waals surface area contributed by atoms with Gasteiger partial charge in [0.25, 0.3) is 0 Å². The van der Waals surface area contributed by atoms with Crippen LogP contribution in [-0.4, -0.2) is 44.5 Å². The number of oxime groups is 1. The molecule has 20 heavy (non-hydrogen) atoms. The van der Waals surface area contributed by atoms with Crippen molar-refractivity contribution in [3.63, 3.8) is 0 Å². The molecule has 1 rings (SSSR count). The zero-order chi connectivity index (χ0) is 14.8. The summed E-state index contributed by atoms with van der Waals surface area (Å²) >= 11 is 0. The Hall–Kier alpha value is -1.63. The molecule has 1 aromatic carbocycles. The van der Waals surface area contributed by atoms with Crippen molar-refractivity contribution in [1.29, 1.82) is 0 Å². The molecule has 0 aliphatic carbocycles. The summed E-state index contributed by atoms with van der Waals surface area (Å²) in [5.74, 6) is 0.187. The second-order valence-corrected chi connectivity index (χ2v) is 4.48. The summed E-state index contributed by atoms with van der Waals surface area (Å²) in [6.07, 6.45) is 0.378.